The van der Waals surface area contributed by atoms with Crippen molar-refractivity contribution in [3.05, 3.63) is 0 Å². The third kappa shape index (κ3) is 1.98. The van der Waals surface area contributed by atoms with Crippen molar-refractivity contribution in [3.8, 4) is 0 Å². The number of nitrogens with zero attached hydrogens (tertiary/aromatic N) is 3. The van der Waals surface area contributed by atoms with Crippen LogP contribution in [0, 0.1) is 0 Å². The van der Waals surface area contributed by atoms with E-state index in [-0.39, 0.29) is 24.1 Å². The Balaban J connectivity index is 1.73. The van der Waals surface area contributed by atoms with E-state index in [4.69, 9.17) is 4.74 Å². The molecule has 0 aliphatic carbocycles. The summed E-state index contributed by atoms with van der Waals surface area (Å²) >= 11 is 0. The normalized spacial score (nSPS) is 32.1. The van der Waals surface area contributed by atoms with E-state index in [1.807, 2.05) is 6.92 Å². The van der Waals surface area contributed by atoms with Crippen LogP contribution in [0.1, 0.15) is 33.1 Å². The first-order valence-electron chi connectivity index (χ1n) is 7.56. The van der Waals surface area contributed by atoms with Crippen LogP contribution in [0.4, 0.5) is 9.59 Å². The number of ether oxygens (including phenoxy) is 1. The number of hydrogen-bond acceptors (Lipinski definition) is 4. The molecule has 0 spiro atoms. The SMILES string of the molecule is CCOC(=O)N1CC[C@@H](N2C(=O)N3CCC[C@@]3(C)C2=O)C1. The average Bonchev–Trinajstić information content (AvgIpc) is 3.10. The molecule has 21 heavy (non-hydrogen) atoms. The Morgan fingerprint density at radius 1 is 1.38 bits per heavy atom. The Kier molecular flexibility index (Phi) is 3.30. The molecule has 3 saturated heterocycles. The van der Waals surface area contributed by atoms with E-state index in [1.54, 1.807) is 16.7 Å². The highest BCUT2D eigenvalue weighted by molar-refractivity contribution is 6.07. The number of fused-ring (bicyclic) bond motifs is 1. The van der Waals surface area contributed by atoms with Gasteiger partial charge in [0.15, 0.2) is 0 Å². The summed E-state index contributed by atoms with van der Waals surface area (Å²) in [7, 11) is 0. The first kappa shape index (κ1) is 14.2. The number of hydrogen-bond donors (Lipinski definition) is 0. The maximum Gasteiger partial charge on any atom is 0.409 e. The summed E-state index contributed by atoms with van der Waals surface area (Å²) in [6, 6.07) is -0.424. The monoisotopic (exact) mass is 295 g/mol. The summed E-state index contributed by atoms with van der Waals surface area (Å²) in [6.07, 6.45) is 1.86. The minimum absolute atomic E-state index is 0.110. The second-order valence-electron chi connectivity index (χ2n) is 6.07. The molecule has 0 aromatic heterocycles. The number of urea groups is 1. The van der Waals surface area contributed by atoms with Gasteiger partial charge in [0.1, 0.15) is 5.54 Å². The predicted octanol–water partition coefficient (Wildman–Crippen LogP) is 1.03. The zero-order valence-electron chi connectivity index (χ0n) is 12.5. The molecular formula is C14H21N3O4. The lowest BCUT2D eigenvalue weighted by Crippen LogP contribution is -2.45. The van der Waals surface area contributed by atoms with Crippen molar-refractivity contribution in [3.63, 3.8) is 0 Å². The van der Waals surface area contributed by atoms with E-state index >= 15 is 0 Å². The molecule has 116 valence electrons. The summed E-state index contributed by atoms with van der Waals surface area (Å²) in [5.41, 5.74) is -0.672. The second kappa shape index (κ2) is 4.89. The Hall–Kier alpha value is -1.79. The molecule has 3 fully saturated rings. The van der Waals surface area contributed by atoms with Gasteiger partial charge in [0, 0.05) is 19.6 Å². The summed E-state index contributed by atoms with van der Waals surface area (Å²) in [5, 5.41) is 0. The van der Waals surface area contributed by atoms with Crippen LogP contribution in [0.2, 0.25) is 0 Å². The van der Waals surface area contributed by atoms with Crippen molar-refractivity contribution in [2.24, 2.45) is 0 Å². The van der Waals surface area contributed by atoms with E-state index in [1.165, 1.54) is 4.90 Å². The molecule has 0 bridgehead atoms. The van der Waals surface area contributed by atoms with Crippen LogP contribution >= 0.6 is 0 Å². The van der Waals surface area contributed by atoms with E-state index in [0.717, 1.165) is 12.8 Å². The zero-order valence-corrected chi connectivity index (χ0v) is 12.5. The van der Waals surface area contributed by atoms with Gasteiger partial charge in [-0.3, -0.25) is 9.69 Å². The highest BCUT2D eigenvalue weighted by Crippen LogP contribution is 2.39. The van der Waals surface area contributed by atoms with E-state index in [0.29, 0.717) is 32.7 Å². The van der Waals surface area contributed by atoms with Crippen LogP contribution < -0.4 is 0 Å². The lowest BCUT2D eigenvalue weighted by molar-refractivity contribution is -0.133. The molecule has 0 aromatic carbocycles. The van der Waals surface area contributed by atoms with Crippen LogP contribution in [-0.4, -0.2) is 70.6 Å². The van der Waals surface area contributed by atoms with Crippen molar-refractivity contribution in [1.82, 2.24) is 14.7 Å². The number of carbonyl (C=O) groups excluding carboxylic acids is 3. The number of imide groups is 1. The van der Waals surface area contributed by atoms with Crippen LogP contribution in [0.25, 0.3) is 0 Å². The maximum absolute atomic E-state index is 12.6. The fraction of sp³-hybridized carbons (Fsp3) is 0.786. The summed E-state index contributed by atoms with van der Waals surface area (Å²) in [6.45, 7) is 5.48. The number of likely N-dealkylation sites (tertiary alicyclic amines) is 1. The Labute approximate surface area is 123 Å². The topological polar surface area (TPSA) is 70.2 Å². The van der Waals surface area contributed by atoms with Crippen molar-refractivity contribution < 1.29 is 19.1 Å². The largest absolute Gasteiger partial charge is 0.450 e. The molecule has 7 nitrogen and oxygen atoms in total. The zero-order chi connectivity index (χ0) is 15.2. The lowest BCUT2D eigenvalue weighted by Gasteiger charge is -2.23. The van der Waals surface area contributed by atoms with Crippen molar-refractivity contribution in [1.29, 1.82) is 0 Å². The standard InChI is InChI=1S/C14H21N3O4/c1-3-21-13(20)15-8-5-10(9-15)17-11(18)14(2)6-4-7-16(14)12(17)19/h10H,3-9H2,1-2H3/t10-,14+/m1/s1. The summed E-state index contributed by atoms with van der Waals surface area (Å²) in [4.78, 5) is 41.5. The van der Waals surface area contributed by atoms with Gasteiger partial charge >= 0.3 is 12.1 Å². The van der Waals surface area contributed by atoms with Crippen LogP contribution in [0.3, 0.4) is 0 Å². The number of carbonyl (C=O) groups is 3. The van der Waals surface area contributed by atoms with Crippen molar-refractivity contribution in [2.75, 3.05) is 26.2 Å². The van der Waals surface area contributed by atoms with Crippen LogP contribution in [0.15, 0.2) is 0 Å². The molecule has 4 amide bonds. The fourth-order valence-electron chi connectivity index (χ4n) is 3.62. The maximum atomic E-state index is 12.6. The molecule has 3 aliphatic rings. The van der Waals surface area contributed by atoms with Crippen LogP contribution in [-0.2, 0) is 9.53 Å². The third-order valence-corrected chi connectivity index (χ3v) is 4.81. The van der Waals surface area contributed by atoms with Gasteiger partial charge in [-0.15, -0.1) is 0 Å². The number of rotatable bonds is 2. The Morgan fingerprint density at radius 3 is 2.81 bits per heavy atom. The van der Waals surface area contributed by atoms with Gasteiger partial charge in [-0.05, 0) is 33.1 Å². The van der Waals surface area contributed by atoms with Gasteiger partial charge in [-0.1, -0.05) is 0 Å². The molecule has 0 aromatic rings. The Morgan fingerprint density at radius 2 is 2.14 bits per heavy atom. The molecule has 0 saturated carbocycles. The summed E-state index contributed by atoms with van der Waals surface area (Å²) in [5.74, 6) is -0.110. The third-order valence-electron chi connectivity index (χ3n) is 4.81. The summed E-state index contributed by atoms with van der Waals surface area (Å²) < 4.78 is 4.97. The fourth-order valence-corrected chi connectivity index (χ4v) is 3.62. The van der Waals surface area contributed by atoms with Crippen molar-refractivity contribution >= 4 is 18.0 Å². The molecule has 0 N–H and O–H groups in total. The lowest BCUT2D eigenvalue weighted by atomic mass is 9.99. The first-order valence-corrected chi connectivity index (χ1v) is 7.56. The molecule has 0 radical (unpaired) electrons. The van der Waals surface area contributed by atoms with E-state index < -0.39 is 5.54 Å². The average molecular weight is 295 g/mol. The molecular weight excluding hydrogens is 274 g/mol. The molecule has 3 heterocycles. The first-order chi connectivity index (χ1) is 9.99. The van der Waals surface area contributed by atoms with Gasteiger partial charge in [-0.2, -0.15) is 0 Å². The van der Waals surface area contributed by atoms with Gasteiger partial charge in [-0.25, -0.2) is 9.59 Å². The number of amides is 4. The quantitative estimate of drug-likeness (QED) is 0.714. The molecule has 7 heteroatoms. The Bertz CT molecular complexity index is 495. The van der Waals surface area contributed by atoms with Gasteiger partial charge in [0.05, 0.1) is 12.6 Å². The second-order valence-corrected chi connectivity index (χ2v) is 6.07. The smallest absolute Gasteiger partial charge is 0.409 e. The van der Waals surface area contributed by atoms with Gasteiger partial charge in [0.2, 0.25) is 0 Å². The minimum atomic E-state index is -0.672. The molecule has 3 aliphatic heterocycles. The molecule has 3 rings (SSSR count). The molecule has 2 atom stereocenters. The predicted molar refractivity (Wildman–Crippen MR) is 73.6 cm³/mol. The van der Waals surface area contributed by atoms with Crippen LogP contribution in [0.5, 0.6) is 0 Å². The van der Waals surface area contributed by atoms with E-state index in [9.17, 15) is 14.4 Å². The van der Waals surface area contributed by atoms with E-state index in [2.05, 4.69) is 0 Å². The van der Waals surface area contributed by atoms with Gasteiger partial charge < -0.3 is 14.5 Å². The molecule has 0 unspecified atom stereocenters. The van der Waals surface area contributed by atoms with Gasteiger partial charge in [0.25, 0.3) is 5.91 Å². The minimum Gasteiger partial charge on any atom is -0.450 e. The van der Waals surface area contributed by atoms with Crippen molar-refractivity contribution in [2.45, 2.75) is 44.7 Å². The highest BCUT2D eigenvalue weighted by atomic mass is 16.6. The highest BCUT2D eigenvalue weighted by Gasteiger charge is 2.58.